The van der Waals surface area contributed by atoms with Gasteiger partial charge in [-0.15, -0.1) is 0 Å². The number of ether oxygens (including phenoxy) is 3. The van der Waals surface area contributed by atoms with Crippen LogP contribution in [-0.4, -0.2) is 30.0 Å². The van der Waals surface area contributed by atoms with Crippen molar-refractivity contribution < 1.29 is 23.8 Å². The zero-order valence-electron chi connectivity index (χ0n) is 15.5. The van der Waals surface area contributed by atoms with Gasteiger partial charge >= 0.3 is 12.2 Å². The topological polar surface area (TPSA) is 73.9 Å². The van der Waals surface area contributed by atoms with Crippen molar-refractivity contribution in [1.29, 1.82) is 0 Å². The first-order valence-electron chi connectivity index (χ1n) is 8.66. The SMILES string of the molecule is CCC(C)OC(=O)N[C@@H]1C[C@H]1c1ccccc1OC(=O)OC(C)(C)C. The highest BCUT2D eigenvalue weighted by molar-refractivity contribution is 5.69. The van der Waals surface area contributed by atoms with Crippen molar-refractivity contribution in [3.8, 4) is 5.75 Å². The second-order valence-corrected chi connectivity index (χ2v) is 7.32. The molecule has 0 radical (unpaired) electrons. The summed E-state index contributed by atoms with van der Waals surface area (Å²) in [7, 11) is 0. The first-order valence-corrected chi connectivity index (χ1v) is 8.66. The quantitative estimate of drug-likeness (QED) is 0.631. The first kappa shape index (κ1) is 19.1. The summed E-state index contributed by atoms with van der Waals surface area (Å²) in [6.07, 6.45) is 0.298. The van der Waals surface area contributed by atoms with E-state index in [0.29, 0.717) is 5.75 Å². The Balaban J connectivity index is 1.95. The molecular weight excluding hydrogens is 322 g/mol. The number of benzene rings is 1. The van der Waals surface area contributed by atoms with Gasteiger partial charge in [-0.05, 0) is 46.6 Å². The molecule has 25 heavy (non-hydrogen) atoms. The minimum absolute atomic E-state index is 0.0139. The van der Waals surface area contributed by atoms with E-state index < -0.39 is 17.8 Å². The molecule has 1 saturated carbocycles. The van der Waals surface area contributed by atoms with Gasteiger partial charge in [-0.25, -0.2) is 9.59 Å². The Morgan fingerprint density at radius 3 is 2.60 bits per heavy atom. The fourth-order valence-corrected chi connectivity index (χ4v) is 2.39. The third-order valence-electron chi connectivity index (χ3n) is 3.88. The second-order valence-electron chi connectivity index (χ2n) is 7.32. The molecule has 0 aromatic heterocycles. The molecular formula is C19H27NO5. The lowest BCUT2D eigenvalue weighted by Gasteiger charge is -2.19. The number of para-hydroxylation sites is 1. The van der Waals surface area contributed by atoms with Crippen LogP contribution in [0.3, 0.4) is 0 Å². The summed E-state index contributed by atoms with van der Waals surface area (Å²) in [4.78, 5) is 23.7. The summed E-state index contributed by atoms with van der Waals surface area (Å²) in [5, 5.41) is 2.85. The average Bonchev–Trinajstić information content (AvgIpc) is 3.24. The summed E-state index contributed by atoms with van der Waals surface area (Å²) in [5.74, 6) is 0.560. The Labute approximate surface area is 148 Å². The minimum Gasteiger partial charge on any atom is -0.447 e. The molecule has 6 nitrogen and oxygen atoms in total. The fourth-order valence-electron chi connectivity index (χ4n) is 2.39. The van der Waals surface area contributed by atoms with Crippen molar-refractivity contribution in [1.82, 2.24) is 5.32 Å². The van der Waals surface area contributed by atoms with Crippen LogP contribution in [0, 0.1) is 0 Å². The standard InChI is InChI=1S/C19H27NO5/c1-6-12(2)23-17(21)20-15-11-14(15)13-9-7-8-10-16(13)24-18(22)25-19(3,4)5/h7-10,12,14-15H,6,11H2,1-5H3,(H,20,21)/t12?,14-,15+/m0/s1. The van der Waals surface area contributed by atoms with E-state index in [0.717, 1.165) is 18.4 Å². The van der Waals surface area contributed by atoms with E-state index in [2.05, 4.69) is 5.32 Å². The molecule has 0 heterocycles. The van der Waals surface area contributed by atoms with E-state index in [-0.39, 0.29) is 18.1 Å². The van der Waals surface area contributed by atoms with Gasteiger partial charge in [0, 0.05) is 17.5 Å². The fraction of sp³-hybridized carbons (Fsp3) is 0.579. The van der Waals surface area contributed by atoms with Crippen molar-refractivity contribution in [2.45, 2.75) is 71.1 Å². The van der Waals surface area contributed by atoms with E-state index in [1.165, 1.54) is 0 Å². The van der Waals surface area contributed by atoms with Crippen molar-refractivity contribution in [2.75, 3.05) is 0 Å². The number of carbonyl (C=O) groups excluding carboxylic acids is 2. The Morgan fingerprint density at radius 2 is 1.96 bits per heavy atom. The van der Waals surface area contributed by atoms with Gasteiger partial charge in [-0.2, -0.15) is 0 Å². The van der Waals surface area contributed by atoms with E-state index in [1.807, 2.05) is 26.0 Å². The molecule has 1 aliphatic carbocycles. The molecule has 1 aliphatic rings. The van der Waals surface area contributed by atoms with Gasteiger partial charge in [0.15, 0.2) is 0 Å². The van der Waals surface area contributed by atoms with Crippen LogP contribution in [0.25, 0.3) is 0 Å². The number of hydrogen-bond acceptors (Lipinski definition) is 5. The van der Waals surface area contributed by atoms with Crippen LogP contribution >= 0.6 is 0 Å². The maximum Gasteiger partial charge on any atom is 0.514 e. The molecule has 1 aromatic rings. The van der Waals surface area contributed by atoms with Crippen LogP contribution in [0.2, 0.25) is 0 Å². The second kappa shape index (κ2) is 7.76. The Morgan fingerprint density at radius 1 is 1.28 bits per heavy atom. The summed E-state index contributed by atoms with van der Waals surface area (Å²) in [6.45, 7) is 9.16. The minimum atomic E-state index is -0.735. The zero-order valence-corrected chi connectivity index (χ0v) is 15.5. The lowest BCUT2D eigenvalue weighted by Crippen LogP contribution is -2.30. The highest BCUT2D eigenvalue weighted by atomic mass is 16.7. The normalized spacial score (nSPS) is 20.4. The average molecular weight is 349 g/mol. The van der Waals surface area contributed by atoms with Crippen molar-refractivity contribution in [3.05, 3.63) is 29.8 Å². The monoisotopic (exact) mass is 349 g/mol. The molecule has 0 saturated heterocycles. The Kier molecular flexibility index (Phi) is 5.93. The summed E-state index contributed by atoms with van der Waals surface area (Å²) >= 11 is 0. The van der Waals surface area contributed by atoms with Gasteiger partial charge in [0.25, 0.3) is 0 Å². The van der Waals surface area contributed by atoms with Crippen molar-refractivity contribution in [3.63, 3.8) is 0 Å². The Hall–Kier alpha value is -2.24. The first-order chi connectivity index (χ1) is 11.7. The maximum absolute atomic E-state index is 11.9. The number of hydrogen-bond donors (Lipinski definition) is 1. The van der Waals surface area contributed by atoms with Gasteiger partial charge in [-0.1, -0.05) is 25.1 Å². The highest BCUT2D eigenvalue weighted by Gasteiger charge is 2.42. The van der Waals surface area contributed by atoms with Crippen molar-refractivity contribution >= 4 is 12.2 Å². The molecule has 1 N–H and O–H groups in total. The number of carbonyl (C=O) groups is 2. The van der Waals surface area contributed by atoms with Gasteiger partial charge in [0.2, 0.25) is 0 Å². The molecule has 0 spiro atoms. The molecule has 1 aromatic carbocycles. The Bertz CT molecular complexity index is 622. The van der Waals surface area contributed by atoms with Crippen LogP contribution in [0.4, 0.5) is 9.59 Å². The molecule has 3 atom stereocenters. The lowest BCUT2D eigenvalue weighted by molar-refractivity contribution is 0.0204. The third-order valence-corrected chi connectivity index (χ3v) is 3.88. The van der Waals surface area contributed by atoms with Crippen LogP contribution < -0.4 is 10.1 Å². The lowest BCUT2D eigenvalue weighted by atomic mass is 10.1. The number of rotatable bonds is 5. The largest absolute Gasteiger partial charge is 0.514 e. The zero-order chi connectivity index (χ0) is 18.6. The number of amides is 1. The molecule has 1 fully saturated rings. The molecule has 0 aliphatic heterocycles. The maximum atomic E-state index is 11.9. The summed E-state index contributed by atoms with van der Waals surface area (Å²) in [5.41, 5.74) is 0.261. The molecule has 1 amide bonds. The highest BCUT2D eigenvalue weighted by Crippen LogP contribution is 2.44. The van der Waals surface area contributed by atoms with E-state index in [4.69, 9.17) is 14.2 Å². The van der Waals surface area contributed by atoms with Gasteiger partial charge in [0.1, 0.15) is 17.5 Å². The van der Waals surface area contributed by atoms with Crippen LogP contribution in [0.5, 0.6) is 5.75 Å². The third kappa shape index (κ3) is 5.96. The van der Waals surface area contributed by atoms with Gasteiger partial charge < -0.3 is 19.5 Å². The molecule has 1 unspecified atom stereocenters. The smallest absolute Gasteiger partial charge is 0.447 e. The van der Waals surface area contributed by atoms with Crippen LogP contribution in [0.15, 0.2) is 24.3 Å². The van der Waals surface area contributed by atoms with Crippen LogP contribution in [-0.2, 0) is 9.47 Å². The van der Waals surface area contributed by atoms with Gasteiger partial charge in [0.05, 0.1) is 0 Å². The molecule has 6 heteroatoms. The summed E-state index contributed by atoms with van der Waals surface area (Å²) in [6, 6.07) is 7.29. The van der Waals surface area contributed by atoms with Gasteiger partial charge in [-0.3, -0.25) is 0 Å². The van der Waals surface area contributed by atoms with Crippen LogP contribution in [0.1, 0.15) is 58.9 Å². The number of nitrogens with one attached hydrogen (secondary N) is 1. The number of alkyl carbamates (subject to hydrolysis) is 1. The molecule has 0 bridgehead atoms. The van der Waals surface area contributed by atoms with E-state index in [9.17, 15) is 9.59 Å². The van der Waals surface area contributed by atoms with Crippen molar-refractivity contribution in [2.24, 2.45) is 0 Å². The van der Waals surface area contributed by atoms with E-state index in [1.54, 1.807) is 32.9 Å². The summed E-state index contributed by atoms with van der Waals surface area (Å²) < 4.78 is 15.8. The predicted octanol–water partition coefficient (Wildman–Crippen LogP) is 4.38. The predicted molar refractivity (Wildman–Crippen MR) is 93.8 cm³/mol. The van der Waals surface area contributed by atoms with E-state index >= 15 is 0 Å². The molecule has 138 valence electrons. The molecule has 2 rings (SSSR count).